The molecule has 0 atom stereocenters. The Labute approximate surface area is 182 Å². The van der Waals surface area contributed by atoms with Crippen LogP contribution in [0.15, 0.2) is 53.5 Å². The lowest BCUT2D eigenvalue weighted by Gasteiger charge is -2.37. The van der Waals surface area contributed by atoms with Crippen LogP contribution < -0.4 is 19.9 Å². The summed E-state index contributed by atoms with van der Waals surface area (Å²) in [5.41, 5.74) is 1.48. The number of aliphatic imine (C=N–C) groups is 1. The highest BCUT2D eigenvalue weighted by molar-refractivity contribution is 5.97. The number of hydrogen-bond donors (Lipinski definition) is 1. The number of nitrogens with one attached hydrogen (secondary N) is 1. The first kappa shape index (κ1) is 21.0. The smallest absolute Gasteiger partial charge is 0.265 e. The Hall–Kier alpha value is -3.29. The minimum atomic E-state index is -0.183. The molecule has 4 rings (SSSR count). The Morgan fingerprint density at radius 2 is 1.77 bits per heavy atom. The van der Waals surface area contributed by atoms with Gasteiger partial charge in [0.2, 0.25) is 0 Å². The fraction of sp³-hybridized carbons (Fsp3) is 0.391. The molecule has 0 aliphatic carbocycles. The number of ether oxygens (including phenoxy) is 1. The minimum Gasteiger partial charge on any atom is -0.482 e. The SMILES string of the molecule is CN=C(NCCCN1C(=O)COc2ccccc21)N1CCN(c2ccccc2F)CC1. The topological polar surface area (TPSA) is 60.4 Å². The molecule has 2 aliphatic rings. The summed E-state index contributed by atoms with van der Waals surface area (Å²) in [4.78, 5) is 22.7. The Morgan fingerprint density at radius 3 is 2.52 bits per heavy atom. The number of hydrogen-bond acceptors (Lipinski definition) is 4. The first-order valence-corrected chi connectivity index (χ1v) is 10.6. The normalized spacial score (nSPS) is 16.8. The molecule has 7 nitrogen and oxygen atoms in total. The number of guanidine groups is 1. The zero-order chi connectivity index (χ0) is 21.6. The van der Waals surface area contributed by atoms with Gasteiger partial charge >= 0.3 is 0 Å². The van der Waals surface area contributed by atoms with E-state index >= 15 is 0 Å². The molecule has 2 aromatic carbocycles. The third-order valence-corrected chi connectivity index (χ3v) is 5.63. The van der Waals surface area contributed by atoms with Crippen LogP contribution in [0.2, 0.25) is 0 Å². The molecule has 0 aromatic heterocycles. The van der Waals surface area contributed by atoms with Crippen molar-refractivity contribution >= 4 is 23.2 Å². The van der Waals surface area contributed by atoms with E-state index in [1.54, 1.807) is 18.0 Å². The number of piperazine rings is 1. The molecular formula is C23H28FN5O2. The van der Waals surface area contributed by atoms with E-state index in [1.807, 2.05) is 36.4 Å². The number of benzene rings is 2. The van der Waals surface area contributed by atoms with Crippen molar-refractivity contribution in [3.63, 3.8) is 0 Å². The lowest BCUT2D eigenvalue weighted by molar-refractivity contribution is -0.121. The molecule has 1 saturated heterocycles. The second-order valence-electron chi connectivity index (χ2n) is 7.55. The van der Waals surface area contributed by atoms with Crippen molar-refractivity contribution in [2.75, 3.05) is 62.7 Å². The maximum atomic E-state index is 14.0. The summed E-state index contributed by atoms with van der Waals surface area (Å²) in [6.07, 6.45) is 0.786. The van der Waals surface area contributed by atoms with Gasteiger partial charge in [0.15, 0.2) is 12.6 Å². The zero-order valence-electron chi connectivity index (χ0n) is 17.8. The van der Waals surface area contributed by atoms with Gasteiger partial charge in [0.25, 0.3) is 5.91 Å². The molecule has 8 heteroatoms. The van der Waals surface area contributed by atoms with E-state index in [2.05, 4.69) is 20.1 Å². The van der Waals surface area contributed by atoms with E-state index < -0.39 is 0 Å². The monoisotopic (exact) mass is 425 g/mol. The standard InChI is InChI=1S/C23H28FN5O2/c1-25-23(28-15-13-27(14-16-28)19-8-3-2-7-18(19)24)26-11-6-12-29-20-9-4-5-10-21(20)31-17-22(29)30/h2-5,7-10H,6,11-17H2,1H3,(H,25,26). The molecule has 2 aliphatic heterocycles. The van der Waals surface area contributed by atoms with Gasteiger partial charge in [-0.25, -0.2) is 4.39 Å². The first-order valence-electron chi connectivity index (χ1n) is 10.6. The van der Waals surface area contributed by atoms with Crippen molar-refractivity contribution in [2.45, 2.75) is 6.42 Å². The van der Waals surface area contributed by atoms with E-state index in [4.69, 9.17) is 4.74 Å². The van der Waals surface area contributed by atoms with E-state index in [0.717, 1.165) is 50.0 Å². The second kappa shape index (κ2) is 9.68. The maximum absolute atomic E-state index is 14.0. The summed E-state index contributed by atoms with van der Waals surface area (Å²) in [5.74, 6) is 1.38. The van der Waals surface area contributed by atoms with Crippen LogP contribution in [0.3, 0.4) is 0 Å². The zero-order valence-corrected chi connectivity index (χ0v) is 17.8. The van der Waals surface area contributed by atoms with Crippen LogP contribution >= 0.6 is 0 Å². The lowest BCUT2D eigenvalue weighted by atomic mass is 10.2. The molecule has 2 aromatic rings. The highest BCUT2D eigenvalue weighted by atomic mass is 19.1. The highest BCUT2D eigenvalue weighted by Crippen LogP contribution is 2.31. The van der Waals surface area contributed by atoms with Gasteiger partial charge in [-0.2, -0.15) is 0 Å². The highest BCUT2D eigenvalue weighted by Gasteiger charge is 2.25. The van der Waals surface area contributed by atoms with E-state index in [0.29, 0.717) is 18.8 Å². The fourth-order valence-corrected chi connectivity index (χ4v) is 4.04. The summed E-state index contributed by atoms with van der Waals surface area (Å²) in [6, 6.07) is 14.5. The Kier molecular flexibility index (Phi) is 6.54. The number of anilines is 2. The number of halogens is 1. The molecule has 0 saturated carbocycles. The van der Waals surface area contributed by atoms with E-state index in [9.17, 15) is 9.18 Å². The Morgan fingerprint density at radius 1 is 1.06 bits per heavy atom. The van der Waals surface area contributed by atoms with Gasteiger partial charge in [0.1, 0.15) is 11.6 Å². The number of para-hydroxylation sites is 3. The van der Waals surface area contributed by atoms with Crippen molar-refractivity contribution in [2.24, 2.45) is 4.99 Å². The van der Waals surface area contributed by atoms with Gasteiger partial charge < -0.3 is 24.8 Å². The Bertz CT molecular complexity index is 943. The summed E-state index contributed by atoms with van der Waals surface area (Å²) >= 11 is 0. The summed E-state index contributed by atoms with van der Waals surface area (Å²) in [6.45, 7) is 4.41. The van der Waals surface area contributed by atoms with Crippen LogP contribution in [0.1, 0.15) is 6.42 Å². The molecule has 1 fully saturated rings. The van der Waals surface area contributed by atoms with Gasteiger partial charge in [0.05, 0.1) is 11.4 Å². The number of amides is 1. The number of rotatable bonds is 5. The molecule has 2 heterocycles. The van der Waals surface area contributed by atoms with Crippen LogP contribution in [-0.2, 0) is 4.79 Å². The van der Waals surface area contributed by atoms with Crippen LogP contribution in [0.4, 0.5) is 15.8 Å². The molecule has 0 radical (unpaired) electrons. The van der Waals surface area contributed by atoms with Crippen molar-refractivity contribution in [3.05, 3.63) is 54.3 Å². The third-order valence-electron chi connectivity index (χ3n) is 5.63. The molecule has 0 spiro atoms. The molecule has 0 bridgehead atoms. The van der Waals surface area contributed by atoms with Gasteiger partial charge in [0, 0.05) is 46.3 Å². The lowest BCUT2D eigenvalue weighted by Crippen LogP contribution is -2.53. The van der Waals surface area contributed by atoms with Gasteiger partial charge in [-0.3, -0.25) is 9.79 Å². The molecule has 1 N–H and O–H groups in total. The fourth-order valence-electron chi connectivity index (χ4n) is 4.04. The van der Waals surface area contributed by atoms with E-state index in [1.165, 1.54) is 6.07 Å². The van der Waals surface area contributed by atoms with Crippen molar-refractivity contribution < 1.29 is 13.9 Å². The van der Waals surface area contributed by atoms with Gasteiger partial charge in [-0.15, -0.1) is 0 Å². The number of carbonyl (C=O) groups is 1. The molecule has 0 unspecified atom stereocenters. The van der Waals surface area contributed by atoms with Crippen LogP contribution in [0, 0.1) is 5.82 Å². The predicted molar refractivity (Wildman–Crippen MR) is 120 cm³/mol. The minimum absolute atomic E-state index is 0.0210. The number of fused-ring (bicyclic) bond motifs is 1. The Balaban J connectivity index is 1.26. The molecular weight excluding hydrogens is 397 g/mol. The largest absolute Gasteiger partial charge is 0.482 e. The molecule has 164 valence electrons. The third kappa shape index (κ3) is 4.73. The maximum Gasteiger partial charge on any atom is 0.265 e. The predicted octanol–water partition coefficient (Wildman–Crippen LogP) is 2.34. The van der Waals surface area contributed by atoms with Crippen molar-refractivity contribution in [1.29, 1.82) is 0 Å². The van der Waals surface area contributed by atoms with Crippen molar-refractivity contribution in [1.82, 2.24) is 10.2 Å². The molecule has 1 amide bonds. The van der Waals surface area contributed by atoms with Crippen LogP contribution in [-0.4, -0.2) is 69.7 Å². The summed E-state index contributed by atoms with van der Waals surface area (Å²) < 4.78 is 19.5. The van der Waals surface area contributed by atoms with Gasteiger partial charge in [-0.05, 0) is 30.7 Å². The first-order chi connectivity index (χ1) is 15.2. The number of carbonyl (C=O) groups excluding carboxylic acids is 1. The van der Waals surface area contributed by atoms with Crippen LogP contribution in [0.25, 0.3) is 0 Å². The average molecular weight is 426 g/mol. The van der Waals surface area contributed by atoms with Crippen molar-refractivity contribution in [3.8, 4) is 5.75 Å². The summed E-state index contributed by atoms with van der Waals surface area (Å²) in [5, 5.41) is 3.40. The quantitative estimate of drug-likeness (QED) is 0.453. The van der Waals surface area contributed by atoms with E-state index in [-0.39, 0.29) is 18.3 Å². The van der Waals surface area contributed by atoms with Gasteiger partial charge in [-0.1, -0.05) is 24.3 Å². The average Bonchev–Trinajstić information content (AvgIpc) is 2.81. The van der Waals surface area contributed by atoms with Crippen LogP contribution in [0.5, 0.6) is 5.75 Å². The summed E-state index contributed by atoms with van der Waals surface area (Å²) in [7, 11) is 1.77. The second-order valence-corrected chi connectivity index (χ2v) is 7.55. The number of nitrogens with zero attached hydrogens (tertiary/aromatic N) is 4. The molecule has 31 heavy (non-hydrogen) atoms.